The SMILES string of the molecule is O=C(NCCc1csc(-c2cccnc2)n1)c1ccccc1N1CCOCC1. The van der Waals surface area contributed by atoms with Crippen LogP contribution in [0.25, 0.3) is 10.6 Å². The zero-order valence-electron chi connectivity index (χ0n) is 15.5. The summed E-state index contributed by atoms with van der Waals surface area (Å²) in [4.78, 5) is 23.7. The number of carbonyl (C=O) groups is 1. The third kappa shape index (κ3) is 4.37. The second kappa shape index (κ2) is 8.95. The Hall–Kier alpha value is -2.77. The fraction of sp³-hybridized carbons (Fsp3) is 0.286. The number of benzene rings is 1. The molecule has 0 radical (unpaired) electrons. The van der Waals surface area contributed by atoms with Crippen molar-refractivity contribution < 1.29 is 9.53 Å². The van der Waals surface area contributed by atoms with Gasteiger partial charge in [0.1, 0.15) is 5.01 Å². The highest BCUT2D eigenvalue weighted by Gasteiger charge is 2.18. The van der Waals surface area contributed by atoms with Crippen LogP contribution in [0.2, 0.25) is 0 Å². The van der Waals surface area contributed by atoms with Gasteiger partial charge in [0.25, 0.3) is 5.91 Å². The van der Waals surface area contributed by atoms with Gasteiger partial charge in [0.05, 0.1) is 24.5 Å². The Morgan fingerprint density at radius 3 is 2.86 bits per heavy atom. The first-order valence-corrected chi connectivity index (χ1v) is 10.2. The molecule has 1 aliphatic rings. The molecule has 144 valence electrons. The molecule has 1 amide bonds. The van der Waals surface area contributed by atoms with Crippen molar-refractivity contribution in [3.8, 4) is 10.6 Å². The third-order valence-corrected chi connectivity index (χ3v) is 5.57. The van der Waals surface area contributed by atoms with E-state index >= 15 is 0 Å². The van der Waals surface area contributed by atoms with Gasteiger partial charge in [0, 0.05) is 55.1 Å². The zero-order chi connectivity index (χ0) is 19.2. The molecule has 4 rings (SSSR count). The Bertz CT molecular complexity index is 923. The quantitative estimate of drug-likeness (QED) is 0.696. The lowest BCUT2D eigenvalue weighted by atomic mass is 10.1. The van der Waals surface area contributed by atoms with Crippen LogP contribution in [0.5, 0.6) is 0 Å². The summed E-state index contributed by atoms with van der Waals surface area (Å²) in [6.45, 7) is 3.55. The molecule has 0 saturated carbocycles. The van der Waals surface area contributed by atoms with E-state index in [0.717, 1.165) is 35.0 Å². The van der Waals surface area contributed by atoms with Gasteiger partial charge in [0.15, 0.2) is 0 Å². The molecule has 1 fully saturated rings. The molecule has 7 heteroatoms. The van der Waals surface area contributed by atoms with Crippen LogP contribution in [0.15, 0.2) is 54.2 Å². The van der Waals surface area contributed by atoms with E-state index in [4.69, 9.17) is 4.74 Å². The zero-order valence-corrected chi connectivity index (χ0v) is 16.3. The summed E-state index contributed by atoms with van der Waals surface area (Å²) < 4.78 is 5.42. The Labute approximate surface area is 168 Å². The van der Waals surface area contributed by atoms with Crippen molar-refractivity contribution in [2.75, 3.05) is 37.7 Å². The predicted molar refractivity (Wildman–Crippen MR) is 111 cm³/mol. The van der Waals surface area contributed by atoms with Crippen molar-refractivity contribution in [1.29, 1.82) is 0 Å². The van der Waals surface area contributed by atoms with Crippen molar-refractivity contribution in [1.82, 2.24) is 15.3 Å². The van der Waals surface area contributed by atoms with Crippen LogP contribution in [0.1, 0.15) is 16.1 Å². The lowest BCUT2D eigenvalue weighted by Crippen LogP contribution is -2.38. The van der Waals surface area contributed by atoms with Crippen LogP contribution >= 0.6 is 11.3 Å². The highest BCUT2D eigenvalue weighted by molar-refractivity contribution is 7.13. The van der Waals surface area contributed by atoms with Crippen LogP contribution < -0.4 is 10.2 Å². The van der Waals surface area contributed by atoms with Crippen LogP contribution in [0.3, 0.4) is 0 Å². The molecule has 3 heterocycles. The van der Waals surface area contributed by atoms with Crippen LogP contribution in [0, 0.1) is 0 Å². The predicted octanol–water partition coefficient (Wildman–Crippen LogP) is 3.01. The van der Waals surface area contributed by atoms with E-state index in [1.807, 2.05) is 48.0 Å². The van der Waals surface area contributed by atoms with Crippen molar-refractivity contribution in [2.24, 2.45) is 0 Å². The first kappa shape index (κ1) is 18.6. The Morgan fingerprint density at radius 1 is 1.18 bits per heavy atom. The molecular weight excluding hydrogens is 372 g/mol. The number of anilines is 1. The molecule has 6 nitrogen and oxygen atoms in total. The van der Waals surface area contributed by atoms with Gasteiger partial charge in [-0.1, -0.05) is 12.1 Å². The molecule has 0 bridgehead atoms. The Morgan fingerprint density at radius 2 is 2.04 bits per heavy atom. The van der Waals surface area contributed by atoms with E-state index in [-0.39, 0.29) is 5.91 Å². The number of nitrogens with zero attached hydrogens (tertiary/aromatic N) is 3. The summed E-state index contributed by atoms with van der Waals surface area (Å²) in [5, 5.41) is 6.02. The summed E-state index contributed by atoms with van der Waals surface area (Å²) in [6.07, 6.45) is 4.26. The number of amides is 1. The number of carbonyl (C=O) groups excluding carboxylic acids is 1. The molecule has 3 aromatic rings. The largest absolute Gasteiger partial charge is 0.378 e. The number of hydrogen-bond donors (Lipinski definition) is 1. The topological polar surface area (TPSA) is 67.4 Å². The first-order chi connectivity index (χ1) is 13.8. The Balaban J connectivity index is 1.36. The molecule has 0 atom stereocenters. The van der Waals surface area contributed by atoms with Gasteiger partial charge >= 0.3 is 0 Å². The summed E-state index contributed by atoms with van der Waals surface area (Å²) in [6, 6.07) is 11.7. The minimum absolute atomic E-state index is 0.0511. The number of rotatable bonds is 6. The highest BCUT2D eigenvalue weighted by Crippen LogP contribution is 2.23. The molecule has 28 heavy (non-hydrogen) atoms. The van der Waals surface area contributed by atoms with E-state index in [9.17, 15) is 4.79 Å². The third-order valence-electron chi connectivity index (χ3n) is 4.63. The van der Waals surface area contributed by atoms with E-state index in [1.165, 1.54) is 0 Å². The number of para-hydroxylation sites is 1. The van der Waals surface area contributed by atoms with Crippen molar-refractivity contribution in [3.63, 3.8) is 0 Å². The summed E-state index contributed by atoms with van der Waals surface area (Å²) in [5.41, 5.74) is 3.67. The first-order valence-electron chi connectivity index (χ1n) is 9.36. The molecule has 1 aromatic carbocycles. The van der Waals surface area contributed by atoms with Crippen molar-refractivity contribution in [2.45, 2.75) is 6.42 Å². The van der Waals surface area contributed by atoms with Gasteiger partial charge in [-0.2, -0.15) is 0 Å². The minimum Gasteiger partial charge on any atom is -0.378 e. The molecule has 1 N–H and O–H groups in total. The van der Waals surface area contributed by atoms with E-state index in [1.54, 1.807) is 17.5 Å². The van der Waals surface area contributed by atoms with Gasteiger partial charge < -0.3 is 15.0 Å². The Kier molecular flexibility index (Phi) is 5.94. The fourth-order valence-electron chi connectivity index (χ4n) is 3.19. The smallest absolute Gasteiger partial charge is 0.253 e. The van der Waals surface area contributed by atoms with E-state index < -0.39 is 0 Å². The van der Waals surface area contributed by atoms with Crippen molar-refractivity contribution in [3.05, 3.63) is 65.4 Å². The highest BCUT2D eigenvalue weighted by atomic mass is 32.1. The number of morpholine rings is 1. The molecular formula is C21H22N4O2S. The number of nitrogens with one attached hydrogen (secondary N) is 1. The van der Waals surface area contributed by atoms with Gasteiger partial charge in [0.2, 0.25) is 0 Å². The lowest BCUT2D eigenvalue weighted by Gasteiger charge is -2.30. The number of ether oxygens (including phenoxy) is 1. The van der Waals surface area contributed by atoms with E-state index in [2.05, 4.69) is 20.2 Å². The maximum absolute atomic E-state index is 12.7. The molecule has 1 aliphatic heterocycles. The number of hydrogen-bond acceptors (Lipinski definition) is 6. The molecule has 0 aliphatic carbocycles. The normalized spacial score (nSPS) is 14.1. The lowest BCUT2D eigenvalue weighted by molar-refractivity contribution is 0.0952. The number of thiazole rings is 1. The van der Waals surface area contributed by atoms with Crippen LogP contribution in [-0.2, 0) is 11.2 Å². The summed E-state index contributed by atoms with van der Waals surface area (Å²) in [7, 11) is 0. The molecule has 2 aromatic heterocycles. The monoisotopic (exact) mass is 394 g/mol. The van der Waals surface area contributed by atoms with Gasteiger partial charge in [-0.3, -0.25) is 9.78 Å². The van der Waals surface area contributed by atoms with E-state index in [0.29, 0.717) is 31.7 Å². The maximum atomic E-state index is 12.7. The summed E-state index contributed by atoms with van der Waals surface area (Å²) in [5.74, 6) is -0.0511. The van der Waals surface area contributed by atoms with Crippen molar-refractivity contribution >= 4 is 22.9 Å². The van der Waals surface area contributed by atoms with Crippen LogP contribution in [0.4, 0.5) is 5.69 Å². The van der Waals surface area contributed by atoms with Gasteiger partial charge in [-0.15, -0.1) is 11.3 Å². The standard InChI is InChI=1S/C21H22N4O2S/c26-20(18-5-1-2-6-19(18)25-10-12-27-13-11-25)23-9-7-17-15-28-21(24-17)16-4-3-8-22-14-16/h1-6,8,14-15H,7,9-13H2,(H,23,26). The number of pyridine rings is 1. The van der Waals surface area contributed by atoms with Crippen LogP contribution in [-0.4, -0.2) is 48.7 Å². The minimum atomic E-state index is -0.0511. The van der Waals surface area contributed by atoms with Gasteiger partial charge in [-0.25, -0.2) is 4.98 Å². The maximum Gasteiger partial charge on any atom is 0.253 e. The number of aromatic nitrogens is 2. The summed E-state index contributed by atoms with van der Waals surface area (Å²) >= 11 is 1.60. The molecule has 1 saturated heterocycles. The second-order valence-electron chi connectivity index (χ2n) is 6.51. The molecule has 0 spiro atoms. The van der Waals surface area contributed by atoms with Gasteiger partial charge in [-0.05, 0) is 24.3 Å². The average molecular weight is 395 g/mol. The average Bonchev–Trinajstić information content (AvgIpc) is 3.24. The molecule has 0 unspecified atom stereocenters. The second-order valence-corrected chi connectivity index (χ2v) is 7.37. The fourth-order valence-corrected chi connectivity index (χ4v) is 4.03.